The predicted molar refractivity (Wildman–Crippen MR) is 80.8 cm³/mol. The van der Waals surface area contributed by atoms with Gasteiger partial charge in [-0.3, -0.25) is 9.58 Å². The second-order valence-electron chi connectivity index (χ2n) is 4.96. The third-order valence-electron chi connectivity index (χ3n) is 3.52. The highest BCUT2D eigenvalue weighted by molar-refractivity contribution is 7.07. The molecule has 0 aromatic carbocycles. The van der Waals surface area contributed by atoms with E-state index in [0.717, 1.165) is 37.6 Å². The Morgan fingerprint density at radius 3 is 2.70 bits per heavy atom. The van der Waals surface area contributed by atoms with Crippen LogP contribution in [-0.4, -0.2) is 39.9 Å². The number of thiazole rings is 1. The maximum absolute atomic E-state index is 5.21. The lowest BCUT2D eigenvalue weighted by Crippen LogP contribution is -2.27. The Kier molecular flexibility index (Phi) is 5.28. The maximum Gasteiger partial charge on any atom is 0.0795 e. The van der Waals surface area contributed by atoms with Gasteiger partial charge in [-0.15, -0.1) is 11.3 Å². The maximum atomic E-state index is 5.21. The molecule has 0 saturated carbocycles. The smallest absolute Gasteiger partial charge is 0.0795 e. The second kappa shape index (κ2) is 6.97. The lowest BCUT2D eigenvalue weighted by Gasteiger charge is -2.21. The number of aromatic nitrogens is 3. The van der Waals surface area contributed by atoms with Crippen molar-refractivity contribution in [1.82, 2.24) is 19.7 Å². The fraction of sp³-hybridized carbons (Fsp3) is 0.571. The standard InChI is InChI=1S/C14H22N4OS/c1-11-14(12(2)17(3)16-11)8-18(5-6-19-4)7-13-9-20-10-15-13/h9-10H,5-8H2,1-4H3. The molecule has 0 N–H and O–H groups in total. The average molecular weight is 294 g/mol. The molecule has 0 radical (unpaired) electrons. The van der Waals surface area contributed by atoms with Crippen molar-refractivity contribution in [1.29, 1.82) is 0 Å². The zero-order chi connectivity index (χ0) is 14.5. The highest BCUT2D eigenvalue weighted by Gasteiger charge is 2.14. The summed E-state index contributed by atoms with van der Waals surface area (Å²) in [5, 5.41) is 6.59. The Labute approximate surface area is 124 Å². The van der Waals surface area contributed by atoms with Crippen LogP contribution in [0.4, 0.5) is 0 Å². The highest BCUT2D eigenvalue weighted by atomic mass is 32.1. The first-order valence-electron chi connectivity index (χ1n) is 6.69. The van der Waals surface area contributed by atoms with Gasteiger partial charge in [0.1, 0.15) is 0 Å². The van der Waals surface area contributed by atoms with E-state index in [1.807, 2.05) is 17.2 Å². The molecule has 6 heteroatoms. The molecular weight excluding hydrogens is 272 g/mol. The van der Waals surface area contributed by atoms with Crippen LogP contribution in [0.2, 0.25) is 0 Å². The third kappa shape index (κ3) is 3.65. The van der Waals surface area contributed by atoms with Crippen molar-refractivity contribution in [2.75, 3.05) is 20.3 Å². The number of aryl methyl sites for hydroxylation is 2. The number of hydrogen-bond donors (Lipinski definition) is 0. The number of rotatable bonds is 7. The molecule has 110 valence electrons. The summed E-state index contributed by atoms with van der Waals surface area (Å²) in [6, 6.07) is 0. The molecule has 0 spiro atoms. The SMILES string of the molecule is COCCN(Cc1cscn1)Cc1c(C)nn(C)c1C. The van der Waals surface area contributed by atoms with Gasteiger partial charge in [0.2, 0.25) is 0 Å². The second-order valence-corrected chi connectivity index (χ2v) is 5.67. The van der Waals surface area contributed by atoms with Crippen molar-refractivity contribution in [2.24, 2.45) is 7.05 Å². The molecule has 2 aromatic rings. The molecule has 5 nitrogen and oxygen atoms in total. The van der Waals surface area contributed by atoms with E-state index in [1.165, 1.54) is 11.3 Å². The molecule has 0 fully saturated rings. The van der Waals surface area contributed by atoms with Gasteiger partial charge in [-0.05, 0) is 13.8 Å². The number of ether oxygens (including phenoxy) is 1. The van der Waals surface area contributed by atoms with Crippen LogP contribution >= 0.6 is 11.3 Å². The van der Waals surface area contributed by atoms with Crippen molar-refractivity contribution in [3.8, 4) is 0 Å². The monoisotopic (exact) mass is 294 g/mol. The molecule has 0 saturated heterocycles. The molecular formula is C14H22N4OS. The van der Waals surface area contributed by atoms with E-state index in [9.17, 15) is 0 Å². The van der Waals surface area contributed by atoms with Gasteiger partial charge < -0.3 is 4.74 Å². The van der Waals surface area contributed by atoms with Crippen LogP contribution in [0.25, 0.3) is 0 Å². The molecule has 0 aliphatic rings. The van der Waals surface area contributed by atoms with Crippen LogP contribution < -0.4 is 0 Å². The molecule has 0 aliphatic heterocycles. The predicted octanol–water partition coefficient (Wildman–Crippen LogP) is 2.14. The van der Waals surface area contributed by atoms with Gasteiger partial charge in [0.25, 0.3) is 0 Å². The third-order valence-corrected chi connectivity index (χ3v) is 4.16. The fourth-order valence-electron chi connectivity index (χ4n) is 2.25. The summed E-state index contributed by atoms with van der Waals surface area (Å²) in [6.45, 7) is 7.53. The van der Waals surface area contributed by atoms with Crippen LogP contribution in [0.3, 0.4) is 0 Å². The number of nitrogens with zero attached hydrogens (tertiary/aromatic N) is 4. The Hall–Kier alpha value is -1.24. The Morgan fingerprint density at radius 2 is 2.15 bits per heavy atom. The van der Waals surface area contributed by atoms with Crippen LogP contribution in [0.1, 0.15) is 22.6 Å². The van der Waals surface area contributed by atoms with Gasteiger partial charge in [0.05, 0.1) is 23.5 Å². The summed E-state index contributed by atoms with van der Waals surface area (Å²) >= 11 is 1.64. The molecule has 20 heavy (non-hydrogen) atoms. The van der Waals surface area contributed by atoms with Gasteiger partial charge in [0.15, 0.2) is 0 Å². The van der Waals surface area contributed by atoms with E-state index < -0.39 is 0 Å². The van der Waals surface area contributed by atoms with Crippen LogP contribution in [0.5, 0.6) is 0 Å². The van der Waals surface area contributed by atoms with Crippen molar-refractivity contribution in [2.45, 2.75) is 26.9 Å². The van der Waals surface area contributed by atoms with E-state index in [2.05, 4.69) is 34.2 Å². The zero-order valence-corrected chi connectivity index (χ0v) is 13.4. The van der Waals surface area contributed by atoms with Crippen molar-refractivity contribution in [3.05, 3.63) is 33.5 Å². The van der Waals surface area contributed by atoms with Crippen molar-refractivity contribution in [3.63, 3.8) is 0 Å². The Morgan fingerprint density at radius 1 is 1.35 bits per heavy atom. The zero-order valence-electron chi connectivity index (χ0n) is 12.6. The average Bonchev–Trinajstić information content (AvgIpc) is 3.00. The van der Waals surface area contributed by atoms with Crippen LogP contribution in [0, 0.1) is 13.8 Å². The van der Waals surface area contributed by atoms with Crippen LogP contribution in [-0.2, 0) is 24.9 Å². The quantitative estimate of drug-likeness (QED) is 0.785. The van der Waals surface area contributed by atoms with Gasteiger partial charge in [-0.1, -0.05) is 0 Å². The van der Waals surface area contributed by atoms with Gasteiger partial charge >= 0.3 is 0 Å². The molecule has 0 atom stereocenters. The van der Waals surface area contributed by atoms with E-state index in [-0.39, 0.29) is 0 Å². The highest BCUT2D eigenvalue weighted by Crippen LogP contribution is 2.16. The molecule has 0 amide bonds. The lowest BCUT2D eigenvalue weighted by molar-refractivity contribution is 0.139. The van der Waals surface area contributed by atoms with E-state index in [4.69, 9.17) is 4.74 Å². The summed E-state index contributed by atoms with van der Waals surface area (Å²) in [7, 11) is 3.73. The largest absolute Gasteiger partial charge is 0.383 e. The van der Waals surface area contributed by atoms with Gasteiger partial charge in [0, 0.05) is 50.4 Å². The minimum Gasteiger partial charge on any atom is -0.383 e. The lowest BCUT2D eigenvalue weighted by atomic mass is 10.2. The Balaban J connectivity index is 2.10. The first-order valence-corrected chi connectivity index (χ1v) is 7.63. The van der Waals surface area contributed by atoms with Crippen molar-refractivity contribution >= 4 is 11.3 Å². The summed E-state index contributed by atoms with van der Waals surface area (Å²) < 4.78 is 7.16. The van der Waals surface area contributed by atoms with E-state index in [0.29, 0.717) is 0 Å². The first-order chi connectivity index (χ1) is 9.61. The first kappa shape index (κ1) is 15.2. The molecule has 2 aromatic heterocycles. The molecule has 0 aliphatic carbocycles. The van der Waals surface area contributed by atoms with Crippen molar-refractivity contribution < 1.29 is 4.74 Å². The molecule has 0 bridgehead atoms. The fourth-order valence-corrected chi connectivity index (χ4v) is 2.80. The number of methoxy groups -OCH3 is 1. The van der Waals surface area contributed by atoms with Crippen LogP contribution in [0.15, 0.2) is 10.9 Å². The minimum atomic E-state index is 0.725. The topological polar surface area (TPSA) is 43.2 Å². The molecule has 2 heterocycles. The molecule has 0 unspecified atom stereocenters. The van der Waals surface area contributed by atoms with E-state index >= 15 is 0 Å². The number of hydrogen-bond acceptors (Lipinski definition) is 5. The van der Waals surface area contributed by atoms with Gasteiger partial charge in [-0.25, -0.2) is 4.98 Å². The van der Waals surface area contributed by atoms with E-state index in [1.54, 1.807) is 18.4 Å². The van der Waals surface area contributed by atoms with Gasteiger partial charge in [-0.2, -0.15) is 5.10 Å². The molecule has 2 rings (SSSR count). The summed E-state index contributed by atoms with van der Waals surface area (Å²) in [6.07, 6.45) is 0. The normalized spacial score (nSPS) is 11.4. The minimum absolute atomic E-state index is 0.725. The summed E-state index contributed by atoms with van der Waals surface area (Å²) in [5.41, 5.74) is 6.63. The summed E-state index contributed by atoms with van der Waals surface area (Å²) in [5.74, 6) is 0. The summed E-state index contributed by atoms with van der Waals surface area (Å²) in [4.78, 5) is 6.73. The Bertz CT molecular complexity index is 536.